The molecule has 0 spiro atoms. The van der Waals surface area contributed by atoms with Gasteiger partial charge in [0.25, 0.3) is 0 Å². The van der Waals surface area contributed by atoms with E-state index in [4.69, 9.17) is 4.74 Å². The van der Waals surface area contributed by atoms with Gasteiger partial charge in [0.05, 0.1) is 24.2 Å². The predicted molar refractivity (Wildman–Crippen MR) is 101 cm³/mol. The van der Waals surface area contributed by atoms with Crippen molar-refractivity contribution in [1.29, 1.82) is 0 Å². The van der Waals surface area contributed by atoms with Gasteiger partial charge in [-0.25, -0.2) is 9.48 Å². The number of benzene rings is 1. The number of hydrogen-bond donors (Lipinski definition) is 0. The van der Waals surface area contributed by atoms with Crippen LogP contribution in [0.2, 0.25) is 0 Å². The number of carbonyl (C=O) groups is 1. The van der Waals surface area contributed by atoms with E-state index < -0.39 is 0 Å². The van der Waals surface area contributed by atoms with Gasteiger partial charge >= 0.3 is 5.97 Å². The van der Waals surface area contributed by atoms with Crippen molar-refractivity contribution in [3.05, 3.63) is 76.9 Å². The highest BCUT2D eigenvalue weighted by Crippen LogP contribution is 2.18. The minimum atomic E-state index is -0.334. The van der Waals surface area contributed by atoms with Crippen molar-refractivity contribution in [2.75, 3.05) is 6.61 Å². The topological polar surface area (TPSA) is 57.0 Å². The molecule has 0 aliphatic rings. The quantitative estimate of drug-likeness (QED) is 0.499. The summed E-state index contributed by atoms with van der Waals surface area (Å²) in [7, 11) is 0. The van der Waals surface area contributed by atoms with Crippen molar-refractivity contribution in [3.63, 3.8) is 0 Å². The van der Waals surface area contributed by atoms with E-state index in [9.17, 15) is 4.79 Å². The van der Waals surface area contributed by atoms with E-state index in [1.807, 2.05) is 63.2 Å². The largest absolute Gasteiger partial charge is 0.462 e. The third-order valence-electron chi connectivity index (χ3n) is 4.33. The molecule has 5 heteroatoms. The number of rotatable bonds is 6. The molecule has 134 valence electrons. The fourth-order valence-electron chi connectivity index (χ4n) is 2.89. The Hall–Kier alpha value is -2.95. The molecule has 0 radical (unpaired) electrons. The maximum Gasteiger partial charge on any atom is 0.341 e. The third-order valence-corrected chi connectivity index (χ3v) is 4.33. The monoisotopic (exact) mass is 349 g/mol. The molecular weight excluding hydrogens is 326 g/mol. The van der Waals surface area contributed by atoms with E-state index in [1.54, 1.807) is 10.9 Å². The second-order valence-electron chi connectivity index (χ2n) is 6.35. The van der Waals surface area contributed by atoms with Crippen LogP contribution in [0, 0.1) is 20.8 Å². The highest BCUT2D eigenvalue weighted by Gasteiger charge is 2.17. The lowest BCUT2D eigenvalue weighted by atomic mass is 10.2. The van der Waals surface area contributed by atoms with Crippen LogP contribution < -0.4 is 0 Å². The fraction of sp³-hybridized carbons (Fsp3) is 0.286. The van der Waals surface area contributed by atoms with Crippen LogP contribution in [0.15, 0.2) is 48.7 Å². The molecular formula is C21H23N3O2. The summed E-state index contributed by atoms with van der Waals surface area (Å²) < 4.78 is 7.20. The normalized spacial score (nSPS) is 10.7. The average molecular weight is 349 g/mol. The number of aromatic nitrogens is 3. The molecule has 0 atom stereocenters. The van der Waals surface area contributed by atoms with E-state index in [1.165, 1.54) is 0 Å². The van der Waals surface area contributed by atoms with Crippen LogP contribution in [0.25, 0.3) is 5.69 Å². The first-order chi connectivity index (χ1) is 12.6. The van der Waals surface area contributed by atoms with Crippen molar-refractivity contribution in [3.8, 4) is 5.69 Å². The lowest BCUT2D eigenvalue weighted by Gasteiger charge is -2.08. The van der Waals surface area contributed by atoms with E-state index >= 15 is 0 Å². The second kappa shape index (κ2) is 7.95. The van der Waals surface area contributed by atoms with Gasteiger partial charge in [-0.15, -0.1) is 0 Å². The van der Waals surface area contributed by atoms with Gasteiger partial charge in [-0.3, -0.25) is 4.98 Å². The summed E-state index contributed by atoms with van der Waals surface area (Å²) in [6, 6.07) is 13.9. The molecule has 0 aliphatic carbocycles. The lowest BCUT2D eigenvalue weighted by molar-refractivity contribution is 0.0499. The second-order valence-corrected chi connectivity index (χ2v) is 6.35. The van der Waals surface area contributed by atoms with E-state index in [2.05, 4.69) is 10.1 Å². The van der Waals surface area contributed by atoms with Crippen LogP contribution in [-0.4, -0.2) is 27.3 Å². The minimum Gasteiger partial charge on any atom is -0.462 e. The Morgan fingerprint density at radius 2 is 1.88 bits per heavy atom. The van der Waals surface area contributed by atoms with Crippen molar-refractivity contribution < 1.29 is 9.53 Å². The Balaban J connectivity index is 1.60. The number of esters is 1. The maximum atomic E-state index is 12.4. The van der Waals surface area contributed by atoms with Gasteiger partial charge in [-0.05, 0) is 57.4 Å². The summed E-state index contributed by atoms with van der Waals surface area (Å²) in [4.78, 5) is 16.8. The van der Waals surface area contributed by atoms with Gasteiger partial charge in [-0.2, -0.15) is 5.10 Å². The highest BCUT2D eigenvalue weighted by atomic mass is 16.5. The van der Waals surface area contributed by atoms with Gasteiger partial charge in [-0.1, -0.05) is 24.3 Å². The van der Waals surface area contributed by atoms with E-state index in [-0.39, 0.29) is 5.97 Å². The Kier molecular flexibility index (Phi) is 5.46. The van der Waals surface area contributed by atoms with Gasteiger partial charge in [0.2, 0.25) is 0 Å². The van der Waals surface area contributed by atoms with Crippen molar-refractivity contribution >= 4 is 5.97 Å². The maximum absolute atomic E-state index is 12.4. The predicted octanol–water partition coefficient (Wildman–Crippen LogP) is 3.98. The summed E-state index contributed by atoms with van der Waals surface area (Å²) in [5, 5.41) is 4.36. The minimum absolute atomic E-state index is 0.334. The fourth-order valence-corrected chi connectivity index (χ4v) is 2.89. The first-order valence-corrected chi connectivity index (χ1v) is 8.76. The Labute approximate surface area is 153 Å². The Morgan fingerprint density at radius 1 is 1.08 bits per heavy atom. The first-order valence-electron chi connectivity index (χ1n) is 8.76. The van der Waals surface area contributed by atoms with Crippen LogP contribution in [0.1, 0.15) is 39.4 Å². The molecule has 0 fully saturated rings. The first kappa shape index (κ1) is 17.9. The standard InChI is InChI=1S/C21H23N3O2/c1-15-8-4-5-12-20(15)24-17(3)19(14-22-24)21(25)26-13-7-11-18-10-6-9-16(2)23-18/h4-6,8-10,12,14H,7,11,13H2,1-3H3. The van der Waals surface area contributed by atoms with Crippen LogP contribution in [0.5, 0.6) is 0 Å². The third kappa shape index (κ3) is 3.99. The van der Waals surface area contributed by atoms with Crippen molar-refractivity contribution in [1.82, 2.24) is 14.8 Å². The molecule has 2 heterocycles. The molecule has 5 nitrogen and oxygen atoms in total. The number of pyridine rings is 1. The van der Waals surface area contributed by atoms with E-state index in [0.29, 0.717) is 12.2 Å². The number of ether oxygens (including phenoxy) is 1. The van der Waals surface area contributed by atoms with Gasteiger partial charge in [0, 0.05) is 11.4 Å². The number of aryl methyl sites for hydroxylation is 3. The summed E-state index contributed by atoms with van der Waals surface area (Å²) >= 11 is 0. The van der Waals surface area contributed by atoms with Crippen LogP contribution in [0.3, 0.4) is 0 Å². The van der Waals surface area contributed by atoms with Gasteiger partial charge < -0.3 is 4.74 Å². The number of nitrogens with zero attached hydrogens (tertiary/aromatic N) is 3. The molecule has 0 amide bonds. The Bertz CT molecular complexity index is 915. The molecule has 2 aromatic heterocycles. The van der Waals surface area contributed by atoms with Crippen LogP contribution >= 0.6 is 0 Å². The molecule has 0 N–H and O–H groups in total. The summed E-state index contributed by atoms with van der Waals surface area (Å²) in [5.74, 6) is -0.334. The van der Waals surface area contributed by atoms with Crippen LogP contribution in [-0.2, 0) is 11.2 Å². The average Bonchev–Trinajstić information content (AvgIpc) is 3.00. The molecule has 3 aromatic rings. The van der Waals surface area contributed by atoms with Crippen molar-refractivity contribution in [2.45, 2.75) is 33.6 Å². The Morgan fingerprint density at radius 3 is 2.65 bits per heavy atom. The number of hydrogen-bond acceptors (Lipinski definition) is 4. The molecule has 0 unspecified atom stereocenters. The highest BCUT2D eigenvalue weighted by molar-refractivity contribution is 5.90. The zero-order valence-corrected chi connectivity index (χ0v) is 15.4. The molecule has 1 aromatic carbocycles. The zero-order chi connectivity index (χ0) is 18.5. The summed E-state index contributed by atoms with van der Waals surface area (Å²) in [6.45, 7) is 6.24. The SMILES string of the molecule is Cc1cccc(CCCOC(=O)c2cnn(-c3ccccc3C)c2C)n1. The van der Waals surface area contributed by atoms with Gasteiger partial charge in [0.1, 0.15) is 5.56 Å². The molecule has 26 heavy (non-hydrogen) atoms. The summed E-state index contributed by atoms with van der Waals surface area (Å²) in [5.41, 5.74) is 5.37. The molecule has 0 saturated heterocycles. The number of carbonyl (C=O) groups excluding carboxylic acids is 1. The smallest absolute Gasteiger partial charge is 0.341 e. The van der Waals surface area contributed by atoms with Crippen molar-refractivity contribution in [2.24, 2.45) is 0 Å². The molecule has 0 bridgehead atoms. The molecule has 0 saturated carbocycles. The summed E-state index contributed by atoms with van der Waals surface area (Å²) in [6.07, 6.45) is 3.11. The van der Waals surface area contributed by atoms with E-state index in [0.717, 1.165) is 41.2 Å². The molecule has 3 rings (SSSR count). The number of para-hydroxylation sites is 1. The zero-order valence-electron chi connectivity index (χ0n) is 15.4. The lowest BCUT2D eigenvalue weighted by Crippen LogP contribution is -2.09. The van der Waals surface area contributed by atoms with Crippen LogP contribution in [0.4, 0.5) is 0 Å². The molecule has 0 aliphatic heterocycles. The van der Waals surface area contributed by atoms with Gasteiger partial charge in [0.15, 0.2) is 0 Å².